The first-order valence-electron chi connectivity index (χ1n) is 15.4. The van der Waals surface area contributed by atoms with Crippen molar-refractivity contribution in [2.24, 2.45) is 27.9 Å². The quantitative estimate of drug-likeness (QED) is 0.377. The minimum absolute atomic E-state index is 0.128. The van der Waals surface area contributed by atoms with Crippen LogP contribution < -0.4 is 16.4 Å². The number of likely N-dealkylation sites (tertiary alicyclic amines) is 1. The van der Waals surface area contributed by atoms with Gasteiger partial charge in [0.2, 0.25) is 17.6 Å². The predicted molar refractivity (Wildman–Crippen MR) is 153 cm³/mol. The van der Waals surface area contributed by atoms with E-state index in [0.717, 1.165) is 51.4 Å². The van der Waals surface area contributed by atoms with E-state index in [1.54, 1.807) is 25.7 Å². The van der Waals surface area contributed by atoms with Crippen molar-refractivity contribution in [2.45, 2.75) is 136 Å². The van der Waals surface area contributed by atoms with Gasteiger partial charge in [-0.15, -0.1) is 0 Å². The van der Waals surface area contributed by atoms with Crippen LogP contribution in [0.4, 0.5) is 4.79 Å². The number of Topliss-reactive ketones (excluding diaryl/α,β-unsaturated/α-hetero) is 1. The molecule has 0 aromatic heterocycles. The van der Waals surface area contributed by atoms with E-state index in [0.29, 0.717) is 19.4 Å². The van der Waals surface area contributed by atoms with Crippen LogP contribution in [0.3, 0.4) is 0 Å². The maximum Gasteiger partial charge on any atom is 0.408 e. The van der Waals surface area contributed by atoms with Crippen molar-refractivity contribution in [2.75, 3.05) is 6.54 Å². The zero-order valence-electron chi connectivity index (χ0n) is 25.8. The SMILES string of the molecule is CC(C)(C)OC(=O)N[C@H](C(=O)N1C[C@@]2(C[C@H]1C(=O)NC(CC1CCC1)C(=O)C(N)=O)CC21CCCCC1)C(C)(C)C. The first-order valence-corrected chi connectivity index (χ1v) is 15.4. The maximum absolute atomic E-state index is 14.3. The summed E-state index contributed by atoms with van der Waals surface area (Å²) in [4.78, 5) is 67.2. The fourth-order valence-corrected chi connectivity index (χ4v) is 7.47. The molecule has 230 valence electrons. The van der Waals surface area contributed by atoms with Crippen molar-refractivity contribution in [1.29, 1.82) is 0 Å². The van der Waals surface area contributed by atoms with E-state index in [1.807, 2.05) is 20.8 Å². The number of nitrogens with zero attached hydrogens (tertiary/aromatic N) is 1. The van der Waals surface area contributed by atoms with Gasteiger partial charge in [0, 0.05) is 6.54 Å². The second kappa shape index (κ2) is 11.2. The van der Waals surface area contributed by atoms with Crippen LogP contribution in [0.25, 0.3) is 0 Å². The van der Waals surface area contributed by atoms with Crippen molar-refractivity contribution in [3.63, 3.8) is 0 Å². The predicted octanol–water partition coefficient (Wildman–Crippen LogP) is 3.60. The monoisotopic (exact) mass is 574 g/mol. The van der Waals surface area contributed by atoms with Gasteiger partial charge in [-0.05, 0) is 75.0 Å². The fourth-order valence-electron chi connectivity index (χ4n) is 7.47. The lowest BCUT2D eigenvalue weighted by Crippen LogP contribution is -2.59. The topological polar surface area (TPSA) is 148 Å². The summed E-state index contributed by atoms with van der Waals surface area (Å²) >= 11 is 0. The molecule has 1 heterocycles. The number of carbonyl (C=O) groups excluding carboxylic acids is 5. The molecule has 0 aromatic carbocycles. The van der Waals surface area contributed by atoms with Crippen molar-refractivity contribution in [3.05, 3.63) is 0 Å². The number of primary amides is 1. The van der Waals surface area contributed by atoms with Gasteiger partial charge in [0.15, 0.2) is 0 Å². The van der Waals surface area contributed by atoms with Crippen molar-refractivity contribution in [1.82, 2.24) is 15.5 Å². The standard InChI is InChI=1S/C31H50N4O6/c1-28(2,3)23(34-27(40)41-29(4,5)6)26(39)35-18-31(17-30(31)13-8-7-9-14-30)16-21(35)25(38)33-20(22(36)24(32)37)15-19-11-10-12-19/h19-21,23H,7-18H2,1-6H3,(H2,32,37)(H,33,38)(H,34,40)/t20?,21-,23+,31+/m0/s1. The van der Waals surface area contributed by atoms with E-state index in [-0.39, 0.29) is 22.7 Å². The normalized spacial score (nSPS) is 27.1. The lowest BCUT2D eigenvalue weighted by atomic mass is 9.78. The molecule has 3 aliphatic carbocycles. The summed E-state index contributed by atoms with van der Waals surface area (Å²) in [7, 11) is 0. The minimum atomic E-state index is -1.07. The van der Waals surface area contributed by atoms with Crippen LogP contribution in [0, 0.1) is 22.2 Å². The number of nitrogens with one attached hydrogen (secondary N) is 2. The number of rotatable bonds is 8. The first kappa shape index (κ1) is 31.3. The third-order valence-electron chi connectivity index (χ3n) is 9.95. The number of ether oxygens (including phenoxy) is 1. The summed E-state index contributed by atoms with van der Waals surface area (Å²) in [6.07, 6.45) is 9.79. The number of alkyl carbamates (subject to hydrolysis) is 1. The van der Waals surface area contributed by atoms with E-state index < -0.39 is 52.8 Å². The molecule has 3 saturated carbocycles. The number of hydrogen-bond donors (Lipinski definition) is 3. The van der Waals surface area contributed by atoms with Gasteiger partial charge in [-0.2, -0.15) is 0 Å². The Balaban J connectivity index is 1.60. The molecule has 41 heavy (non-hydrogen) atoms. The number of ketones is 1. The molecule has 4 rings (SSSR count). The highest BCUT2D eigenvalue weighted by molar-refractivity contribution is 6.37. The third-order valence-corrected chi connectivity index (χ3v) is 9.95. The smallest absolute Gasteiger partial charge is 0.408 e. The van der Waals surface area contributed by atoms with Crippen LogP contribution >= 0.6 is 0 Å². The highest BCUT2D eigenvalue weighted by atomic mass is 16.6. The molecule has 0 aromatic rings. The average Bonchev–Trinajstić information content (AvgIpc) is 3.21. The van der Waals surface area contributed by atoms with Crippen LogP contribution in [0.5, 0.6) is 0 Å². The molecule has 0 radical (unpaired) electrons. The van der Waals surface area contributed by atoms with Gasteiger partial charge in [0.25, 0.3) is 5.91 Å². The van der Waals surface area contributed by atoms with Gasteiger partial charge in [0.05, 0.1) is 6.04 Å². The Labute approximate surface area is 244 Å². The summed E-state index contributed by atoms with van der Waals surface area (Å²) in [5.74, 6) is -2.38. The number of nitrogens with two attached hydrogens (primary N) is 1. The summed E-state index contributed by atoms with van der Waals surface area (Å²) in [6.45, 7) is 11.3. The molecule has 1 saturated heterocycles. The molecule has 0 bridgehead atoms. The maximum atomic E-state index is 14.3. The van der Waals surface area contributed by atoms with E-state index in [9.17, 15) is 24.0 Å². The van der Waals surface area contributed by atoms with Crippen LogP contribution in [0.15, 0.2) is 0 Å². The molecular weight excluding hydrogens is 524 g/mol. The highest BCUT2D eigenvalue weighted by Crippen LogP contribution is 2.74. The van der Waals surface area contributed by atoms with Crippen molar-refractivity contribution < 1.29 is 28.7 Å². The largest absolute Gasteiger partial charge is 0.444 e. The zero-order valence-corrected chi connectivity index (χ0v) is 25.8. The third kappa shape index (κ3) is 6.72. The summed E-state index contributed by atoms with van der Waals surface area (Å²) in [6, 6.07) is -2.74. The Morgan fingerprint density at radius 2 is 1.56 bits per heavy atom. The molecule has 4 atom stereocenters. The number of amides is 4. The molecule has 10 nitrogen and oxygen atoms in total. The lowest BCUT2D eigenvalue weighted by molar-refractivity contribution is -0.143. The summed E-state index contributed by atoms with van der Waals surface area (Å²) in [5.41, 5.74) is 3.92. The van der Waals surface area contributed by atoms with E-state index in [1.165, 1.54) is 6.42 Å². The van der Waals surface area contributed by atoms with Gasteiger partial charge in [-0.3, -0.25) is 19.2 Å². The second-order valence-electron chi connectivity index (χ2n) is 15.3. The molecular formula is C31H50N4O6. The molecule has 2 spiro atoms. The van der Waals surface area contributed by atoms with Crippen LogP contribution in [0.1, 0.15) is 112 Å². The Bertz CT molecular complexity index is 1070. The Morgan fingerprint density at radius 3 is 2.07 bits per heavy atom. The molecule has 4 aliphatic rings. The Hall–Kier alpha value is -2.65. The summed E-state index contributed by atoms with van der Waals surface area (Å²) in [5, 5.41) is 5.62. The second-order valence-corrected chi connectivity index (χ2v) is 15.3. The number of carbonyl (C=O) groups is 5. The molecule has 4 fully saturated rings. The summed E-state index contributed by atoms with van der Waals surface area (Å²) < 4.78 is 5.47. The van der Waals surface area contributed by atoms with Crippen LogP contribution in [0.2, 0.25) is 0 Å². The van der Waals surface area contributed by atoms with Gasteiger partial charge >= 0.3 is 6.09 Å². The zero-order chi connectivity index (χ0) is 30.4. The van der Waals surface area contributed by atoms with E-state index in [4.69, 9.17) is 10.5 Å². The van der Waals surface area contributed by atoms with Gasteiger partial charge in [0.1, 0.15) is 17.7 Å². The van der Waals surface area contributed by atoms with Crippen LogP contribution in [-0.4, -0.2) is 64.8 Å². The van der Waals surface area contributed by atoms with Gasteiger partial charge < -0.3 is 26.0 Å². The van der Waals surface area contributed by atoms with Crippen molar-refractivity contribution >= 4 is 29.6 Å². The van der Waals surface area contributed by atoms with Crippen molar-refractivity contribution in [3.8, 4) is 0 Å². The van der Waals surface area contributed by atoms with E-state index >= 15 is 0 Å². The minimum Gasteiger partial charge on any atom is -0.444 e. The van der Waals surface area contributed by atoms with E-state index in [2.05, 4.69) is 10.6 Å². The van der Waals surface area contributed by atoms with Gasteiger partial charge in [-0.25, -0.2) is 4.79 Å². The first-order chi connectivity index (χ1) is 19.0. The molecule has 10 heteroatoms. The molecule has 4 amide bonds. The van der Waals surface area contributed by atoms with Gasteiger partial charge in [-0.1, -0.05) is 59.3 Å². The Kier molecular flexibility index (Phi) is 8.56. The Morgan fingerprint density at radius 1 is 0.927 bits per heavy atom. The average molecular weight is 575 g/mol. The molecule has 4 N–H and O–H groups in total. The lowest BCUT2D eigenvalue weighted by Gasteiger charge is -2.36. The van der Waals surface area contributed by atoms with Crippen LogP contribution in [-0.2, 0) is 23.9 Å². The highest BCUT2D eigenvalue weighted by Gasteiger charge is 2.71. The number of fused-ring (bicyclic) bond motifs is 1. The molecule has 1 unspecified atom stereocenters. The fraction of sp³-hybridized carbons (Fsp3) is 0.839. The molecule has 1 aliphatic heterocycles. The number of hydrogen-bond acceptors (Lipinski definition) is 6.